The van der Waals surface area contributed by atoms with Crippen molar-refractivity contribution in [3.8, 4) is 0 Å². The largest absolute Gasteiger partial charge is 0.480 e. The van der Waals surface area contributed by atoms with Crippen LogP contribution in [0.4, 0.5) is 8.78 Å². The lowest BCUT2D eigenvalue weighted by atomic mass is 9.95. The van der Waals surface area contributed by atoms with Gasteiger partial charge >= 0.3 is 17.9 Å². The summed E-state index contributed by atoms with van der Waals surface area (Å²) in [5.74, 6) is -8.03. The van der Waals surface area contributed by atoms with Crippen molar-refractivity contribution in [2.24, 2.45) is 5.92 Å². The minimum Gasteiger partial charge on any atom is -0.480 e. The van der Waals surface area contributed by atoms with Crippen LogP contribution in [0, 0.1) is 17.6 Å². The van der Waals surface area contributed by atoms with Gasteiger partial charge in [0.15, 0.2) is 11.6 Å². The molecule has 0 saturated carbocycles. The number of aliphatic carboxylic acids is 1. The number of ether oxygens (including phenoxy) is 2. The number of carboxylic acids is 1. The third-order valence-corrected chi connectivity index (χ3v) is 3.61. The van der Waals surface area contributed by atoms with E-state index in [4.69, 9.17) is 9.47 Å². The van der Waals surface area contributed by atoms with Gasteiger partial charge in [-0.25, -0.2) is 13.6 Å². The highest BCUT2D eigenvalue weighted by molar-refractivity contribution is 5.91. The molecule has 8 nitrogen and oxygen atoms in total. The number of carbonyl (C=O) groups is 4. The van der Waals surface area contributed by atoms with Gasteiger partial charge in [0.05, 0.1) is 32.0 Å². The predicted octanol–water partition coefficient (Wildman–Crippen LogP) is 1.21. The number of carboxylic acid groups (broad SMARTS) is 1. The van der Waals surface area contributed by atoms with Gasteiger partial charge < -0.3 is 19.9 Å². The first-order valence-corrected chi connectivity index (χ1v) is 8.47. The van der Waals surface area contributed by atoms with Crippen molar-refractivity contribution in [3.63, 3.8) is 0 Å². The second-order valence-corrected chi connectivity index (χ2v) is 5.68. The third-order valence-electron chi connectivity index (χ3n) is 3.61. The Labute approximate surface area is 159 Å². The summed E-state index contributed by atoms with van der Waals surface area (Å²) in [6.07, 6.45) is -1.08. The summed E-state index contributed by atoms with van der Waals surface area (Å²) < 4.78 is 35.7. The average Bonchev–Trinajstić information content (AvgIpc) is 2.61. The highest BCUT2D eigenvalue weighted by atomic mass is 19.2. The first kappa shape index (κ1) is 23.0. The summed E-state index contributed by atoms with van der Waals surface area (Å²) in [5.41, 5.74) is 0.0959. The molecule has 154 valence electrons. The van der Waals surface area contributed by atoms with E-state index < -0.39 is 60.3 Å². The van der Waals surface area contributed by atoms with Gasteiger partial charge in [-0.3, -0.25) is 14.4 Å². The molecule has 0 aromatic heterocycles. The molecule has 0 heterocycles. The SMILES string of the molecule is CCOC(=O)C[C@@H](C(=O)OCC)[C@H](NC(=O)Cc1ccc(F)c(F)c1)C(=O)O. The molecule has 0 aliphatic heterocycles. The van der Waals surface area contributed by atoms with Crippen molar-refractivity contribution in [1.82, 2.24) is 5.32 Å². The maximum atomic E-state index is 13.2. The van der Waals surface area contributed by atoms with Crippen molar-refractivity contribution < 1.29 is 42.5 Å². The Morgan fingerprint density at radius 1 is 1.07 bits per heavy atom. The average molecular weight is 401 g/mol. The second kappa shape index (κ2) is 11.0. The van der Waals surface area contributed by atoms with E-state index in [0.29, 0.717) is 0 Å². The fourth-order valence-corrected chi connectivity index (χ4v) is 2.38. The van der Waals surface area contributed by atoms with Gasteiger partial charge in [0.2, 0.25) is 5.91 Å². The van der Waals surface area contributed by atoms with Crippen molar-refractivity contribution >= 4 is 23.8 Å². The Morgan fingerprint density at radius 2 is 1.71 bits per heavy atom. The molecule has 2 N–H and O–H groups in total. The molecule has 0 fully saturated rings. The number of benzene rings is 1. The molecule has 0 aliphatic carbocycles. The molecule has 10 heteroatoms. The summed E-state index contributed by atoms with van der Waals surface area (Å²) in [4.78, 5) is 47.6. The molecule has 0 bridgehead atoms. The Bertz CT molecular complexity index is 739. The van der Waals surface area contributed by atoms with Gasteiger partial charge in [-0.1, -0.05) is 6.07 Å². The molecule has 1 amide bonds. The minimum atomic E-state index is -1.78. The van der Waals surface area contributed by atoms with E-state index in [1.54, 1.807) is 0 Å². The number of hydrogen-bond acceptors (Lipinski definition) is 6. The van der Waals surface area contributed by atoms with Gasteiger partial charge in [-0.2, -0.15) is 0 Å². The Morgan fingerprint density at radius 3 is 2.25 bits per heavy atom. The first-order chi connectivity index (χ1) is 13.2. The maximum absolute atomic E-state index is 13.2. The van der Waals surface area contributed by atoms with Gasteiger partial charge in [0.1, 0.15) is 6.04 Å². The molecule has 2 atom stereocenters. The number of hydrogen-bond donors (Lipinski definition) is 2. The highest BCUT2D eigenvalue weighted by Crippen LogP contribution is 2.15. The number of esters is 2. The van der Waals surface area contributed by atoms with Gasteiger partial charge in [-0.15, -0.1) is 0 Å². The first-order valence-electron chi connectivity index (χ1n) is 8.47. The number of carbonyl (C=O) groups excluding carboxylic acids is 3. The van der Waals surface area contributed by atoms with Crippen LogP contribution in [-0.4, -0.2) is 48.2 Å². The molecular weight excluding hydrogens is 380 g/mol. The van der Waals surface area contributed by atoms with Gasteiger partial charge in [0.25, 0.3) is 0 Å². The molecule has 0 saturated heterocycles. The second-order valence-electron chi connectivity index (χ2n) is 5.68. The summed E-state index contributed by atoms with van der Waals surface area (Å²) in [6.45, 7) is 2.99. The molecule has 0 aliphatic rings. The highest BCUT2D eigenvalue weighted by Gasteiger charge is 2.38. The van der Waals surface area contributed by atoms with E-state index in [1.165, 1.54) is 13.8 Å². The molecular formula is C18H21F2NO7. The zero-order valence-electron chi connectivity index (χ0n) is 15.4. The lowest BCUT2D eigenvalue weighted by Crippen LogP contribution is -2.50. The monoisotopic (exact) mass is 401 g/mol. The third kappa shape index (κ3) is 6.93. The molecule has 0 unspecified atom stereocenters. The fourth-order valence-electron chi connectivity index (χ4n) is 2.38. The van der Waals surface area contributed by atoms with E-state index >= 15 is 0 Å². The fraction of sp³-hybridized carbons (Fsp3) is 0.444. The Kier molecular flexibility index (Phi) is 9.00. The maximum Gasteiger partial charge on any atom is 0.327 e. The quantitative estimate of drug-likeness (QED) is 0.566. The van der Waals surface area contributed by atoms with Crippen LogP contribution >= 0.6 is 0 Å². The normalized spacial score (nSPS) is 12.6. The molecule has 1 rings (SSSR count). The van der Waals surface area contributed by atoms with E-state index in [-0.39, 0.29) is 18.8 Å². The van der Waals surface area contributed by atoms with E-state index in [1.807, 2.05) is 0 Å². The summed E-state index contributed by atoms with van der Waals surface area (Å²) in [6, 6.07) is 1.01. The van der Waals surface area contributed by atoms with Crippen LogP contribution in [-0.2, 0) is 35.1 Å². The zero-order valence-corrected chi connectivity index (χ0v) is 15.4. The van der Waals surface area contributed by atoms with Crippen LogP contribution in [0.25, 0.3) is 0 Å². The van der Waals surface area contributed by atoms with Gasteiger partial charge in [0, 0.05) is 0 Å². The van der Waals surface area contributed by atoms with Crippen LogP contribution in [0.2, 0.25) is 0 Å². The zero-order chi connectivity index (χ0) is 21.3. The van der Waals surface area contributed by atoms with E-state index in [0.717, 1.165) is 18.2 Å². The van der Waals surface area contributed by atoms with Crippen molar-refractivity contribution in [3.05, 3.63) is 35.4 Å². The Balaban J connectivity index is 2.96. The van der Waals surface area contributed by atoms with Gasteiger partial charge in [-0.05, 0) is 31.5 Å². The number of rotatable bonds is 10. The van der Waals surface area contributed by atoms with E-state index in [9.17, 15) is 33.1 Å². The van der Waals surface area contributed by atoms with Crippen LogP contribution in [0.5, 0.6) is 0 Å². The molecule has 1 aromatic carbocycles. The van der Waals surface area contributed by atoms with Crippen LogP contribution in [0.15, 0.2) is 18.2 Å². The summed E-state index contributed by atoms with van der Waals surface area (Å²) in [7, 11) is 0. The number of nitrogens with one attached hydrogen (secondary N) is 1. The van der Waals surface area contributed by atoms with E-state index in [2.05, 4.69) is 5.32 Å². The van der Waals surface area contributed by atoms with Crippen molar-refractivity contribution in [1.29, 1.82) is 0 Å². The number of halogens is 2. The van der Waals surface area contributed by atoms with Crippen LogP contribution in [0.1, 0.15) is 25.8 Å². The Hall–Kier alpha value is -3.04. The summed E-state index contributed by atoms with van der Waals surface area (Å²) in [5, 5.41) is 11.5. The van der Waals surface area contributed by atoms with Crippen LogP contribution < -0.4 is 5.32 Å². The van der Waals surface area contributed by atoms with Crippen molar-refractivity contribution in [2.75, 3.05) is 13.2 Å². The minimum absolute atomic E-state index is 0.0224. The smallest absolute Gasteiger partial charge is 0.327 e. The molecule has 0 spiro atoms. The standard InChI is InChI=1S/C18H21F2NO7/c1-3-27-15(23)9-11(18(26)28-4-2)16(17(24)25)21-14(22)8-10-5-6-12(19)13(20)7-10/h5-7,11,16H,3-4,8-9H2,1-2H3,(H,21,22)(H,24,25)/t11-,16+/m1/s1. The summed E-state index contributed by atoms with van der Waals surface area (Å²) >= 11 is 0. The van der Waals surface area contributed by atoms with Crippen LogP contribution in [0.3, 0.4) is 0 Å². The predicted molar refractivity (Wildman–Crippen MR) is 91.0 cm³/mol. The molecule has 1 aromatic rings. The topological polar surface area (TPSA) is 119 Å². The lowest BCUT2D eigenvalue weighted by Gasteiger charge is -2.22. The lowest BCUT2D eigenvalue weighted by molar-refractivity contribution is -0.160. The number of amides is 1. The molecule has 28 heavy (non-hydrogen) atoms. The molecule has 0 radical (unpaired) electrons. The van der Waals surface area contributed by atoms with Crippen molar-refractivity contribution in [2.45, 2.75) is 32.7 Å².